The van der Waals surface area contributed by atoms with Crippen LogP contribution in [0.4, 0.5) is 4.39 Å². The minimum atomic E-state index is -0.246. The van der Waals surface area contributed by atoms with Crippen molar-refractivity contribution in [2.24, 2.45) is 5.73 Å². The molecule has 0 bridgehead atoms. The molecule has 0 aliphatic carbocycles. The molecule has 22 heavy (non-hydrogen) atoms. The molecule has 0 unspecified atom stereocenters. The first-order valence-corrected chi connectivity index (χ1v) is 7.12. The average Bonchev–Trinajstić information content (AvgIpc) is 2.93. The summed E-state index contributed by atoms with van der Waals surface area (Å²) >= 11 is 0. The van der Waals surface area contributed by atoms with E-state index in [1.165, 1.54) is 12.1 Å². The Bertz CT molecular complexity index is 778. The normalized spacial score (nSPS) is 10.9. The molecule has 0 aliphatic rings. The summed E-state index contributed by atoms with van der Waals surface area (Å²) in [6.07, 6.45) is 0. The number of benzene rings is 2. The lowest BCUT2D eigenvalue weighted by Crippen LogP contribution is -2.06. The number of nitrogens with two attached hydrogens (primary N) is 1. The van der Waals surface area contributed by atoms with Gasteiger partial charge in [-0.05, 0) is 30.2 Å². The van der Waals surface area contributed by atoms with Crippen molar-refractivity contribution in [3.63, 3.8) is 0 Å². The van der Waals surface area contributed by atoms with Gasteiger partial charge in [-0.3, -0.25) is 0 Å². The van der Waals surface area contributed by atoms with Gasteiger partial charge in [-0.1, -0.05) is 41.6 Å². The first kappa shape index (κ1) is 14.4. The van der Waals surface area contributed by atoms with Crippen molar-refractivity contribution in [1.82, 2.24) is 15.0 Å². The molecule has 0 saturated heterocycles. The van der Waals surface area contributed by atoms with E-state index in [1.807, 2.05) is 35.9 Å². The van der Waals surface area contributed by atoms with Gasteiger partial charge in [0.2, 0.25) is 0 Å². The van der Waals surface area contributed by atoms with Gasteiger partial charge in [0.1, 0.15) is 11.5 Å². The van der Waals surface area contributed by atoms with Crippen molar-refractivity contribution in [1.29, 1.82) is 0 Å². The van der Waals surface area contributed by atoms with Crippen molar-refractivity contribution in [2.45, 2.75) is 20.0 Å². The molecular formula is C17H17FN4. The maximum absolute atomic E-state index is 13.0. The van der Waals surface area contributed by atoms with Crippen LogP contribution in [0, 0.1) is 12.7 Å². The number of hydrogen-bond donors (Lipinski definition) is 1. The zero-order chi connectivity index (χ0) is 15.5. The Kier molecular flexibility index (Phi) is 3.98. The second-order valence-electron chi connectivity index (χ2n) is 5.19. The van der Waals surface area contributed by atoms with Crippen molar-refractivity contribution in [3.05, 3.63) is 71.2 Å². The summed E-state index contributed by atoms with van der Waals surface area (Å²) in [5.41, 5.74) is 10.6. The smallest absolute Gasteiger partial charge is 0.123 e. The van der Waals surface area contributed by atoms with Gasteiger partial charge in [-0.25, -0.2) is 9.07 Å². The maximum atomic E-state index is 13.0. The SMILES string of the molecule is Cc1ccccc1-c1c(CN)nnn1Cc1ccc(F)cc1. The highest BCUT2D eigenvalue weighted by molar-refractivity contribution is 5.65. The molecule has 0 radical (unpaired) electrons. The fraction of sp³-hybridized carbons (Fsp3) is 0.176. The van der Waals surface area contributed by atoms with Gasteiger partial charge in [0.25, 0.3) is 0 Å². The monoisotopic (exact) mass is 296 g/mol. The largest absolute Gasteiger partial charge is 0.325 e. The van der Waals surface area contributed by atoms with Gasteiger partial charge in [0, 0.05) is 12.1 Å². The molecule has 0 atom stereocenters. The van der Waals surface area contributed by atoms with Crippen LogP contribution < -0.4 is 5.73 Å². The molecule has 5 heteroatoms. The lowest BCUT2D eigenvalue weighted by molar-refractivity contribution is 0.622. The van der Waals surface area contributed by atoms with Gasteiger partial charge in [0.15, 0.2) is 0 Å². The molecule has 3 aromatic rings. The molecule has 0 saturated carbocycles. The van der Waals surface area contributed by atoms with Gasteiger partial charge in [-0.15, -0.1) is 5.10 Å². The molecule has 2 aromatic carbocycles. The third kappa shape index (κ3) is 2.76. The number of aryl methyl sites for hydroxylation is 1. The number of nitrogens with zero attached hydrogens (tertiary/aromatic N) is 3. The van der Waals surface area contributed by atoms with Crippen LogP contribution in [-0.2, 0) is 13.1 Å². The molecule has 0 aliphatic heterocycles. The Hall–Kier alpha value is -2.53. The van der Waals surface area contributed by atoms with Crippen LogP contribution in [0.25, 0.3) is 11.3 Å². The first-order valence-electron chi connectivity index (χ1n) is 7.12. The Morgan fingerprint density at radius 1 is 1.09 bits per heavy atom. The van der Waals surface area contributed by atoms with Crippen LogP contribution in [-0.4, -0.2) is 15.0 Å². The molecule has 1 aromatic heterocycles. The summed E-state index contributed by atoms with van der Waals surface area (Å²) in [6, 6.07) is 14.5. The first-order chi connectivity index (χ1) is 10.7. The van der Waals surface area contributed by atoms with Crippen LogP contribution in [0.2, 0.25) is 0 Å². The Morgan fingerprint density at radius 3 is 2.50 bits per heavy atom. The molecule has 0 amide bonds. The van der Waals surface area contributed by atoms with Crippen LogP contribution in [0.1, 0.15) is 16.8 Å². The van der Waals surface area contributed by atoms with Crippen molar-refractivity contribution in [2.75, 3.05) is 0 Å². The lowest BCUT2D eigenvalue weighted by atomic mass is 10.0. The Balaban J connectivity index is 2.04. The summed E-state index contributed by atoms with van der Waals surface area (Å²) < 4.78 is 14.8. The Morgan fingerprint density at radius 2 is 1.82 bits per heavy atom. The van der Waals surface area contributed by atoms with Crippen molar-refractivity contribution in [3.8, 4) is 11.3 Å². The Labute approximate surface area is 128 Å². The van der Waals surface area contributed by atoms with Crippen LogP contribution in [0.3, 0.4) is 0 Å². The van der Waals surface area contributed by atoms with Gasteiger partial charge in [0.05, 0.1) is 12.2 Å². The van der Waals surface area contributed by atoms with E-state index >= 15 is 0 Å². The van der Waals surface area contributed by atoms with E-state index in [1.54, 1.807) is 12.1 Å². The molecule has 0 fully saturated rings. The van der Waals surface area contributed by atoms with E-state index in [-0.39, 0.29) is 5.82 Å². The fourth-order valence-corrected chi connectivity index (χ4v) is 2.49. The van der Waals surface area contributed by atoms with E-state index in [9.17, 15) is 4.39 Å². The molecule has 1 heterocycles. The summed E-state index contributed by atoms with van der Waals surface area (Å²) in [6.45, 7) is 2.90. The van der Waals surface area contributed by atoms with Crippen molar-refractivity contribution >= 4 is 0 Å². The van der Waals surface area contributed by atoms with Crippen LogP contribution in [0.15, 0.2) is 48.5 Å². The molecule has 2 N–H and O–H groups in total. The summed E-state index contributed by atoms with van der Waals surface area (Å²) in [7, 11) is 0. The minimum absolute atomic E-state index is 0.246. The predicted octanol–water partition coefficient (Wildman–Crippen LogP) is 2.90. The van der Waals surface area contributed by atoms with Gasteiger partial charge in [-0.2, -0.15) is 0 Å². The number of aromatic nitrogens is 3. The standard InChI is InChI=1S/C17H17FN4/c1-12-4-2-3-5-15(12)17-16(10-19)20-21-22(17)11-13-6-8-14(18)9-7-13/h2-9H,10-11,19H2,1H3. The van der Waals surface area contributed by atoms with E-state index < -0.39 is 0 Å². The lowest BCUT2D eigenvalue weighted by Gasteiger charge is -2.10. The average molecular weight is 296 g/mol. The summed E-state index contributed by atoms with van der Waals surface area (Å²) in [5, 5.41) is 8.39. The summed E-state index contributed by atoms with van der Waals surface area (Å²) in [4.78, 5) is 0. The van der Waals surface area contributed by atoms with E-state index in [4.69, 9.17) is 5.73 Å². The van der Waals surface area contributed by atoms with E-state index in [2.05, 4.69) is 10.3 Å². The maximum Gasteiger partial charge on any atom is 0.123 e. The summed E-state index contributed by atoms with van der Waals surface area (Å²) in [5.74, 6) is -0.246. The molecule has 4 nitrogen and oxygen atoms in total. The third-order valence-electron chi connectivity index (χ3n) is 3.64. The van der Waals surface area contributed by atoms with E-state index in [0.29, 0.717) is 13.1 Å². The molecular weight excluding hydrogens is 279 g/mol. The highest BCUT2D eigenvalue weighted by Gasteiger charge is 2.15. The minimum Gasteiger partial charge on any atom is -0.325 e. The van der Waals surface area contributed by atoms with Crippen LogP contribution in [0.5, 0.6) is 0 Å². The van der Waals surface area contributed by atoms with Gasteiger partial charge >= 0.3 is 0 Å². The highest BCUT2D eigenvalue weighted by Crippen LogP contribution is 2.26. The predicted molar refractivity (Wildman–Crippen MR) is 83.6 cm³/mol. The number of rotatable bonds is 4. The molecule has 0 spiro atoms. The second kappa shape index (κ2) is 6.07. The fourth-order valence-electron chi connectivity index (χ4n) is 2.49. The molecule has 112 valence electrons. The van der Waals surface area contributed by atoms with Gasteiger partial charge < -0.3 is 5.73 Å². The third-order valence-corrected chi connectivity index (χ3v) is 3.64. The second-order valence-corrected chi connectivity index (χ2v) is 5.19. The zero-order valence-corrected chi connectivity index (χ0v) is 12.3. The number of halogens is 1. The zero-order valence-electron chi connectivity index (χ0n) is 12.3. The highest BCUT2D eigenvalue weighted by atomic mass is 19.1. The number of hydrogen-bond acceptors (Lipinski definition) is 3. The topological polar surface area (TPSA) is 56.7 Å². The van der Waals surface area contributed by atoms with E-state index in [0.717, 1.165) is 28.1 Å². The van der Waals surface area contributed by atoms with Crippen LogP contribution >= 0.6 is 0 Å². The quantitative estimate of drug-likeness (QED) is 0.805. The van der Waals surface area contributed by atoms with Crippen molar-refractivity contribution < 1.29 is 4.39 Å². The molecule has 3 rings (SSSR count).